The maximum Gasteiger partial charge on any atom is 0.0737 e. The minimum atomic E-state index is 0.696. The molecule has 0 saturated heterocycles. The summed E-state index contributed by atoms with van der Waals surface area (Å²) < 4.78 is 0. The summed E-state index contributed by atoms with van der Waals surface area (Å²) >= 11 is 0. The van der Waals surface area contributed by atoms with Crippen molar-refractivity contribution in [1.82, 2.24) is 4.98 Å². The summed E-state index contributed by atoms with van der Waals surface area (Å²) in [5.74, 6) is 0. The first-order valence-corrected chi connectivity index (χ1v) is 16.3. The fraction of sp³-hybridized carbons (Fsp3) is 0.0227. The first-order chi connectivity index (χ1) is 23.8. The summed E-state index contributed by atoms with van der Waals surface area (Å²) in [6.45, 7) is 0. The van der Waals surface area contributed by atoms with Gasteiger partial charge in [0.2, 0.25) is 0 Å². The molecule has 0 amide bonds. The Morgan fingerprint density at radius 2 is 0.812 bits per heavy atom. The van der Waals surface area contributed by atoms with Crippen molar-refractivity contribution in [2.24, 2.45) is 15.0 Å². The van der Waals surface area contributed by atoms with E-state index in [0.29, 0.717) is 6.42 Å². The molecule has 0 aliphatic carbocycles. The SMILES string of the molecule is C1=CC2=C(c3ccccc3)C3=CCC(=N3)C(c3ccccc3)=C3C=CC(=N3)C(c3ccccc3)=c3ccc([nH]3)=C(c3ccccc3)C1=N2. The third kappa shape index (κ3) is 4.91. The minimum absolute atomic E-state index is 0.696. The predicted octanol–water partition coefficient (Wildman–Crippen LogP) is 8.00. The Morgan fingerprint density at radius 1 is 0.396 bits per heavy atom. The highest BCUT2D eigenvalue weighted by atomic mass is 14.9. The fourth-order valence-corrected chi connectivity index (χ4v) is 6.91. The Kier molecular flexibility index (Phi) is 6.83. The van der Waals surface area contributed by atoms with E-state index in [1.54, 1.807) is 0 Å². The largest absolute Gasteiger partial charge is 0.354 e. The number of aromatic nitrogens is 1. The predicted molar refractivity (Wildman–Crippen MR) is 198 cm³/mol. The van der Waals surface area contributed by atoms with E-state index < -0.39 is 0 Å². The molecule has 1 aromatic heterocycles. The van der Waals surface area contributed by atoms with Gasteiger partial charge in [0.1, 0.15) is 0 Å². The van der Waals surface area contributed by atoms with E-state index in [0.717, 1.165) is 89.5 Å². The number of benzene rings is 4. The number of aliphatic imine (C=N–C) groups is 3. The average Bonchev–Trinajstić information content (AvgIpc) is 3.98. The van der Waals surface area contributed by atoms with Crippen LogP contribution in [-0.4, -0.2) is 22.1 Å². The zero-order valence-corrected chi connectivity index (χ0v) is 26.1. The van der Waals surface area contributed by atoms with E-state index in [4.69, 9.17) is 15.0 Å². The number of rotatable bonds is 4. The maximum atomic E-state index is 5.37. The number of H-pyrrole nitrogens is 1. The van der Waals surface area contributed by atoms with Gasteiger partial charge in [0.15, 0.2) is 0 Å². The summed E-state index contributed by atoms with van der Waals surface area (Å²) in [6, 6.07) is 46.3. The van der Waals surface area contributed by atoms with Gasteiger partial charge in [-0.1, -0.05) is 127 Å². The van der Waals surface area contributed by atoms with Crippen molar-refractivity contribution < 1.29 is 0 Å². The first kappa shape index (κ1) is 27.9. The fourth-order valence-electron chi connectivity index (χ4n) is 6.91. The van der Waals surface area contributed by atoms with Crippen molar-refractivity contribution in [3.8, 4) is 0 Å². The number of nitrogens with one attached hydrogen (secondary N) is 1. The van der Waals surface area contributed by atoms with E-state index in [2.05, 4.69) is 145 Å². The lowest BCUT2D eigenvalue weighted by Crippen LogP contribution is -2.21. The lowest BCUT2D eigenvalue weighted by atomic mass is 9.97. The van der Waals surface area contributed by atoms with Gasteiger partial charge in [0.25, 0.3) is 0 Å². The van der Waals surface area contributed by atoms with Crippen molar-refractivity contribution in [3.63, 3.8) is 0 Å². The molecule has 5 heterocycles. The van der Waals surface area contributed by atoms with Crippen LogP contribution in [0.4, 0.5) is 0 Å². The van der Waals surface area contributed by atoms with Gasteiger partial charge >= 0.3 is 0 Å². The monoisotopic (exact) mass is 614 g/mol. The van der Waals surface area contributed by atoms with Gasteiger partial charge in [-0.25, -0.2) is 9.98 Å². The lowest BCUT2D eigenvalue weighted by molar-refractivity contribution is 1.25. The van der Waals surface area contributed by atoms with Gasteiger partial charge in [0, 0.05) is 39.4 Å². The van der Waals surface area contributed by atoms with Crippen LogP contribution in [0.15, 0.2) is 196 Å². The average molecular weight is 615 g/mol. The minimum Gasteiger partial charge on any atom is -0.354 e. The maximum absolute atomic E-state index is 5.37. The molecular weight excluding hydrogens is 585 g/mol. The summed E-state index contributed by atoms with van der Waals surface area (Å²) in [4.78, 5) is 19.9. The molecule has 4 aliphatic heterocycles. The lowest BCUT2D eigenvalue weighted by Gasteiger charge is -2.12. The first-order valence-electron chi connectivity index (χ1n) is 16.3. The standard InChI is InChI=1S/C44H30N4/c1-5-13-29(14-6-1)41-33-21-23-35(45-33)42(30-15-7-2-8-16-30)37-25-27-39(47-37)44(32-19-11-4-12-20-32)40-28-26-38(48-40)43(31-17-9-3-10-18-31)36-24-22-34(41)46-36/h1-27,45H,28H2. The van der Waals surface area contributed by atoms with Crippen LogP contribution in [0.25, 0.3) is 22.3 Å². The van der Waals surface area contributed by atoms with Crippen LogP contribution < -0.4 is 10.7 Å². The molecule has 226 valence electrons. The summed E-state index contributed by atoms with van der Waals surface area (Å²) in [5.41, 5.74) is 14.0. The molecule has 0 saturated carbocycles. The molecule has 0 spiro atoms. The van der Waals surface area contributed by atoms with Gasteiger partial charge in [-0.05, 0) is 58.7 Å². The molecule has 1 N–H and O–H groups in total. The van der Waals surface area contributed by atoms with Crippen molar-refractivity contribution in [2.75, 3.05) is 0 Å². The van der Waals surface area contributed by atoms with Crippen LogP contribution >= 0.6 is 0 Å². The smallest absolute Gasteiger partial charge is 0.0737 e. The zero-order valence-electron chi connectivity index (χ0n) is 26.1. The molecule has 48 heavy (non-hydrogen) atoms. The van der Waals surface area contributed by atoms with E-state index in [1.807, 2.05) is 24.3 Å². The van der Waals surface area contributed by atoms with Crippen molar-refractivity contribution in [2.45, 2.75) is 6.42 Å². The molecule has 4 nitrogen and oxygen atoms in total. The summed E-state index contributed by atoms with van der Waals surface area (Å²) in [7, 11) is 0. The molecule has 8 bridgehead atoms. The van der Waals surface area contributed by atoms with Crippen LogP contribution in [-0.2, 0) is 0 Å². The Bertz CT molecular complexity index is 2470. The Balaban J connectivity index is 1.41. The topological polar surface area (TPSA) is 52.9 Å². The molecule has 0 unspecified atom stereocenters. The Morgan fingerprint density at radius 3 is 1.29 bits per heavy atom. The van der Waals surface area contributed by atoms with E-state index >= 15 is 0 Å². The molecule has 9 rings (SSSR count). The number of fused-ring (bicyclic) bond motifs is 5. The van der Waals surface area contributed by atoms with Gasteiger partial charge in [-0.15, -0.1) is 0 Å². The number of hydrogen-bond acceptors (Lipinski definition) is 3. The summed E-state index contributed by atoms with van der Waals surface area (Å²) in [5, 5.41) is 1.99. The van der Waals surface area contributed by atoms with Crippen molar-refractivity contribution in [3.05, 3.63) is 214 Å². The van der Waals surface area contributed by atoms with Crippen molar-refractivity contribution >= 4 is 39.4 Å². The van der Waals surface area contributed by atoms with Gasteiger partial charge in [-0.3, -0.25) is 4.99 Å². The molecule has 5 aromatic rings. The highest BCUT2D eigenvalue weighted by Crippen LogP contribution is 2.38. The van der Waals surface area contributed by atoms with Crippen LogP contribution in [0.3, 0.4) is 0 Å². The Labute approximate surface area is 279 Å². The highest BCUT2D eigenvalue weighted by molar-refractivity contribution is 6.33. The third-order valence-corrected chi connectivity index (χ3v) is 9.07. The van der Waals surface area contributed by atoms with Crippen LogP contribution in [0, 0.1) is 0 Å². The molecule has 4 aliphatic rings. The molecule has 4 aromatic carbocycles. The molecule has 0 atom stereocenters. The second kappa shape index (κ2) is 11.8. The van der Waals surface area contributed by atoms with Gasteiger partial charge in [-0.2, -0.15) is 0 Å². The highest BCUT2D eigenvalue weighted by Gasteiger charge is 2.26. The Hall–Kier alpha value is -6.39. The van der Waals surface area contributed by atoms with Crippen LogP contribution in [0.1, 0.15) is 28.7 Å². The number of allylic oxidation sites excluding steroid dienone is 7. The second-order valence-electron chi connectivity index (χ2n) is 12.0. The zero-order chi connectivity index (χ0) is 31.9. The number of hydrogen-bond donors (Lipinski definition) is 1. The molecule has 0 fully saturated rings. The molecular formula is C44H30N4. The van der Waals surface area contributed by atoms with Gasteiger partial charge in [0.05, 0.1) is 34.2 Å². The second-order valence-corrected chi connectivity index (χ2v) is 12.0. The quantitative estimate of drug-likeness (QED) is 0.213. The molecule has 4 heteroatoms. The third-order valence-electron chi connectivity index (χ3n) is 9.07. The van der Waals surface area contributed by atoms with E-state index in [-0.39, 0.29) is 0 Å². The normalized spacial score (nSPS) is 16.8. The van der Waals surface area contributed by atoms with E-state index in [9.17, 15) is 0 Å². The van der Waals surface area contributed by atoms with Crippen LogP contribution in [0.2, 0.25) is 0 Å². The van der Waals surface area contributed by atoms with Crippen molar-refractivity contribution in [1.29, 1.82) is 0 Å². The number of aromatic amines is 1. The van der Waals surface area contributed by atoms with Gasteiger partial charge < -0.3 is 4.98 Å². The summed E-state index contributed by atoms with van der Waals surface area (Å²) in [6.07, 6.45) is 11.5. The van der Waals surface area contributed by atoms with Crippen LogP contribution in [0.5, 0.6) is 0 Å². The molecule has 0 radical (unpaired) electrons. The van der Waals surface area contributed by atoms with E-state index in [1.165, 1.54) is 0 Å². The number of nitrogens with zero attached hydrogens (tertiary/aromatic N) is 3.